The summed E-state index contributed by atoms with van der Waals surface area (Å²) in [5.41, 5.74) is 1.04. The normalized spacial score (nSPS) is 15.7. The van der Waals surface area contributed by atoms with Gasteiger partial charge in [-0.05, 0) is 55.3 Å². The number of likely N-dealkylation sites (tertiary alicyclic amines) is 1. The summed E-state index contributed by atoms with van der Waals surface area (Å²) in [7, 11) is 0. The Balaban J connectivity index is 1.45. The molecule has 31 heavy (non-hydrogen) atoms. The zero-order valence-electron chi connectivity index (χ0n) is 15.9. The van der Waals surface area contributed by atoms with Crippen molar-refractivity contribution in [2.24, 2.45) is 0 Å². The van der Waals surface area contributed by atoms with Crippen molar-refractivity contribution < 1.29 is 9.59 Å². The number of nitrogens with one attached hydrogen (secondary N) is 2. The Morgan fingerprint density at radius 2 is 1.74 bits per heavy atom. The number of hydrogen-bond donors (Lipinski definition) is 2. The molecule has 1 atom stereocenters. The van der Waals surface area contributed by atoms with Gasteiger partial charge in [-0.15, -0.1) is 10.2 Å². The van der Waals surface area contributed by atoms with Gasteiger partial charge < -0.3 is 15.5 Å². The first-order valence-corrected chi connectivity index (χ1v) is 11.3. The summed E-state index contributed by atoms with van der Waals surface area (Å²) in [6.07, 6.45) is 1.54. The monoisotopic (exact) mass is 495 g/mol. The van der Waals surface area contributed by atoms with Crippen molar-refractivity contribution in [1.82, 2.24) is 15.1 Å². The summed E-state index contributed by atoms with van der Waals surface area (Å²) < 4.78 is 0. The molecule has 1 fully saturated rings. The smallest absolute Gasteiger partial charge is 0.320 e. The van der Waals surface area contributed by atoms with Crippen LogP contribution >= 0.6 is 46.1 Å². The summed E-state index contributed by atoms with van der Waals surface area (Å²) in [5, 5.41) is 16.0. The van der Waals surface area contributed by atoms with Gasteiger partial charge in [-0.3, -0.25) is 4.79 Å². The summed E-state index contributed by atoms with van der Waals surface area (Å²) >= 11 is 19.2. The third kappa shape index (κ3) is 5.10. The van der Waals surface area contributed by atoms with E-state index in [1.54, 1.807) is 47.4 Å². The minimum absolute atomic E-state index is 0.218. The van der Waals surface area contributed by atoms with E-state index in [-0.39, 0.29) is 23.0 Å². The van der Waals surface area contributed by atoms with E-state index in [0.29, 0.717) is 38.0 Å². The maximum atomic E-state index is 12.9. The second-order valence-electron chi connectivity index (χ2n) is 6.81. The maximum Gasteiger partial charge on any atom is 0.322 e. The summed E-state index contributed by atoms with van der Waals surface area (Å²) in [6, 6.07) is 11.1. The van der Waals surface area contributed by atoms with Crippen LogP contribution in [0.4, 0.5) is 16.2 Å². The molecule has 0 aliphatic carbocycles. The van der Waals surface area contributed by atoms with Crippen molar-refractivity contribution in [3.8, 4) is 0 Å². The number of halogens is 3. The van der Waals surface area contributed by atoms with E-state index in [9.17, 15) is 9.59 Å². The van der Waals surface area contributed by atoms with Crippen molar-refractivity contribution in [2.75, 3.05) is 17.2 Å². The van der Waals surface area contributed by atoms with E-state index in [4.69, 9.17) is 34.8 Å². The van der Waals surface area contributed by atoms with Crippen LogP contribution in [-0.4, -0.2) is 33.6 Å². The summed E-state index contributed by atoms with van der Waals surface area (Å²) in [5.74, 6) is -0.370. The first-order valence-electron chi connectivity index (χ1n) is 9.34. The van der Waals surface area contributed by atoms with Crippen LogP contribution in [0.1, 0.15) is 33.7 Å². The van der Waals surface area contributed by atoms with Crippen molar-refractivity contribution in [3.05, 3.63) is 67.5 Å². The van der Waals surface area contributed by atoms with Crippen LogP contribution in [-0.2, 0) is 0 Å². The topological polar surface area (TPSA) is 87.2 Å². The molecule has 0 spiro atoms. The van der Waals surface area contributed by atoms with Gasteiger partial charge in [0.15, 0.2) is 0 Å². The standard InChI is InChI=1S/C20H16Cl3N5O2S/c21-11-3-6-13(7-4-11)24-17(29)19-27-26-18(31-19)16-2-1-9-28(16)20(30)25-15-10-12(22)5-8-14(15)23/h3-8,10,16H,1-2,9H2,(H,24,29)(H,25,30). The Bertz CT molecular complexity index is 1120. The van der Waals surface area contributed by atoms with Crippen LogP contribution in [0.25, 0.3) is 0 Å². The fourth-order valence-electron chi connectivity index (χ4n) is 3.23. The van der Waals surface area contributed by atoms with E-state index >= 15 is 0 Å². The van der Waals surface area contributed by atoms with Gasteiger partial charge in [-0.25, -0.2) is 4.79 Å². The Morgan fingerprint density at radius 3 is 2.52 bits per heavy atom. The molecule has 0 saturated carbocycles. The van der Waals surface area contributed by atoms with Crippen LogP contribution < -0.4 is 10.6 Å². The van der Waals surface area contributed by atoms with Crippen LogP contribution in [0, 0.1) is 0 Å². The van der Waals surface area contributed by atoms with Crippen LogP contribution in [0.15, 0.2) is 42.5 Å². The highest BCUT2D eigenvalue weighted by atomic mass is 35.5. The lowest BCUT2D eigenvalue weighted by Crippen LogP contribution is -2.34. The first-order chi connectivity index (χ1) is 14.9. The van der Waals surface area contributed by atoms with Crippen molar-refractivity contribution in [1.29, 1.82) is 0 Å². The van der Waals surface area contributed by atoms with Crippen molar-refractivity contribution in [3.63, 3.8) is 0 Å². The van der Waals surface area contributed by atoms with Crippen LogP contribution in [0.3, 0.4) is 0 Å². The molecular weight excluding hydrogens is 481 g/mol. The maximum absolute atomic E-state index is 12.9. The minimum atomic E-state index is -0.370. The van der Waals surface area contributed by atoms with E-state index in [0.717, 1.165) is 24.2 Å². The van der Waals surface area contributed by atoms with Gasteiger partial charge in [0, 0.05) is 22.3 Å². The fraction of sp³-hybridized carbons (Fsp3) is 0.200. The van der Waals surface area contributed by atoms with Gasteiger partial charge in [0.2, 0.25) is 5.01 Å². The van der Waals surface area contributed by atoms with Crippen LogP contribution in [0.5, 0.6) is 0 Å². The highest BCUT2D eigenvalue weighted by Crippen LogP contribution is 2.35. The van der Waals surface area contributed by atoms with Gasteiger partial charge in [-0.1, -0.05) is 46.1 Å². The molecule has 1 saturated heterocycles. The number of carbonyl (C=O) groups excluding carboxylic acids is 2. The third-order valence-corrected chi connectivity index (χ3v) is 6.55. The van der Waals surface area contributed by atoms with E-state index in [1.165, 1.54) is 0 Å². The van der Waals surface area contributed by atoms with E-state index in [1.807, 2.05) is 0 Å². The Kier molecular flexibility index (Phi) is 6.62. The number of rotatable bonds is 4. The molecule has 1 aliphatic heterocycles. The second-order valence-corrected chi connectivity index (χ2v) is 9.10. The molecule has 1 aromatic heterocycles. The van der Waals surface area contributed by atoms with Crippen molar-refractivity contribution >= 4 is 69.5 Å². The fourth-order valence-corrected chi connectivity index (χ4v) is 4.57. The number of anilines is 2. The first kappa shape index (κ1) is 21.8. The molecular formula is C20H16Cl3N5O2S. The molecule has 0 bridgehead atoms. The predicted molar refractivity (Wildman–Crippen MR) is 123 cm³/mol. The van der Waals surface area contributed by atoms with E-state index in [2.05, 4.69) is 20.8 Å². The zero-order valence-corrected chi connectivity index (χ0v) is 19.0. The molecule has 1 aliphatic rings. The number of nitrogens with zero attached hydrogens (tertiary/aromatic N) is 3. The number of hydrogen-bond acceptors (Lipinski definition) is 5. The number of aromatic nitrogens is 2. The van der Waals surface area contributed by atoms with Gasteiger partial charge in [0.25, 0.3) is 5.91 Å². The Labute approximate surface area is 197 Å². The second kappa shape index (κ2) is 9.40. The molecule has 160 valence electrons. The molecule has 7 nitrogen and oxygen atoms in total. The molecule has 11 heteroatoms. The molecule has 3 aromatic rings. The molecule has 0 radical (unpaired) electrons. The molecule has 2 N–H and O–H groups in total. The van der Waals surface area contributed by atoms with Crippen LogP contribution in [0.2, 0.25) is 15.1 Å². The lowest BCUT2D eigenvalue weighted by Gasteiger charge is -2.23. The van der Waals surface area contributed by atoms with Gasteiger partial charge in [0.1, 0.15) is 5.01 Å². The van der Waals surface area contributed by atoms with Gasteiger partial charge >= 0.3 is 6.03 Å². The third-order valence-electron chi connectivity index (χ3n) is 4.71. The predicted octanol–water partition coefficient (Wildman–Crippen LogP) is 6.12. The Morgan fingerprint density at radius 1 is 1.00 bits per heavy atom. The number of benzene rings is 2. The van der Waals surface area contributed by atoms with E-state index < -0.39 is 0 Å². The highest BCUT2D eigenvalue weighted by molar-refractivity contribution is 7.13. The highest BCUT2D eigenvalue weighted by Gasteiger charge is 2.33. The Hall–Kier alpha value is -2.39. The summed E-state index contributed by atoms with van der Waals surface area (Å²) in [4.78, 5) is 27.0. The average Bonchev–Trinajstić information content (AvgIpc) is 3.42. The minimum Gasteiger partial charge on any atom is -0.320 e. The number of urea groups is 1. The van der Waals surface area contributed by atoms with Crippen molar-refractivity contribution in [2.45, 2.75) is 18.9 Å². The lowest BCUT2D eigenvalue weighted by molar-refractivity contribution is 0.102. The quantitative estimate of drug-likeness (QED) is 0.455. The lowest BCUT2D eigenvalue weighted by atomic mass is 10.2. The number of carbonyl (C=O) groups is 2. The zero-order chi connectivity index (χ0) is 22.0. The molecule has 2 aromatic carbocycles. The largest absolute Gasteiger partial charge is 0.322 e. The molecule has 4 rings (SSSR count). The van der Waals surface area contributed by atoms with Gasteiger partial charge in [-0.2, -0.15) is 0 Å². The molecule has 2 heterocycles. The molecule has 1 unspecified atom stereocenters. The summed E-state index contributed by atoms with van der Waals surface area (Å²) in [6.45, 7) is 0.556. The molecule has 3 amide bonds. The SMILES string of the molecule is O=C(Nc1ccc(Cl)cc1)c1nnc(C2CCCN2C(=O)Nc2cc(Cl)ccc2Cl)s1. The average molecular weight is 497 g/mol. The van der Waals surface area contributed by atoms with Gasteiger partial charge in [0.05, 0.1) is 16.8 Å². The number of amides is 3.